The summed E-state index contributed by atoms with van der Waals surface area (Å²) < 4.78 is 1.71. The van der Waals surface area contributed by atoms with E-state index in [2.05, 4.69) is 22.2 Å². The highest BCUT2D eigenvalue weighted by atomic mass is 35.5. The van der Waals surface area contributed by atoms with Gasteiger partial charge in [0.1, 0.15) is 5.56 Å². The zero-order valence-corrected chi connectivity index (χ0v) is 19.3. The fourth-order valence-electron chi connectivity index (χ4n) is 4.04. The van der Waals surface area contributed by atoms with Crippen LogP contribution in [0.15, 0.2) is 103 Å². The van der Waals surface area contributed by atoms with Crippen LogP contribution in [0.3, 0.4) is 0 Å². The summed E-state index contributed by atoms with van der Waals surface area (Å²) in [5, 5.41) is 5.16. The first kappa shape index (κ1) is 21.9. The lowest BCUT2D eigenvalue weighted by Gasteiger charge is -2.22. The van der Waals surface area contributed by atoms with Crippen LogP contribution in [-0.4, -0.2) is 31.9 Å². The van der Waals surface area contributed by atoms with Gasteiger partial charge in [0.2, 0.25) is 0 Å². The van der Waals surface area contributed by atoms with E-state index in [1.165, 1.54) is 5.56 Å². The van der Waals surface area contributed by atoms with E-state index in [1.54, 1.807) is 16.9 Å². The first-order valence-electron chi connectivity index (χ1n) is 11.1. The number of amides is 1. The third-order valence-corrected chi connectivity index (χ3v) is 6.00. The number of rotatable bonds is 7. The topological polar surface area (TPSA) is 50.5 Å². The zero-order valence-electron chi connectivity index (χ0n) is 18.5. The molecule has 5 rings (SSSR count). The minimum Gasteiger partial charge on any atom is -0.334 e. The molecular formula is C28H23ClN4O. The van der Waals surface area contributed by atoms with Crippen LogP contribution in [0.25, 0.3) is 16.9 Å². The number of aromatic nitrogens is 3. The number of hydrogen-bond acceptors (Lipinski definition) is 3. The van der Waals surface area contributed by atoms with Crippen molar-refractivity contribution in [1.29, 1.82) is 0 Å². The van der Waals surface area contributed by atoms with Crippen LogP contribution < -0.4 is 0 Å². The maximum absolute atomic E-state index is 13.8. The fraction of sp³-hybridized carbons (Fsp3) is 0.107. The van der Waals surface area contributed by atoms with Crippen molar-refractivity contribution in [3.8, 4) is 11.3 Å². The van der Waals surface area contributed by atoms with Crippen LogP contribution in [0.4, 0.5) is 0 Å². The molecule has 6 heteroatoms. The van der Waals surface area contributed by atoms with E-state index in [0.717, 1.165) is 23.2 Å². The molecule has 0 saturated carbocycles. The van der Waals surface area contributed by atoms with E-state index in [-0.39, 0.29) is 5.91 Å². The summed E-state index contributed by atoms with van der Waals surface area (Å²) in [5.74, 6) is -0.0921. The van der Waals surface area contributed by atoms with E-state index in [1.807, 2.05) is 83.8 Å². The Hall–Kier alpha value is -3.96. The molecule has 2 heterocycles. The van der Waals surface area contributed by atoms with E-state index in [4.69, 9.17) is 11.6 Å². The van der Waals surface area contributed by atoms with Gasteiger partial charge < -0.3 is 4.90 Å². The highest BCUT2D eigenvalue weighted by Crippen LogP contribution is 2.24. The van der Waals surface area contributed by atoms with Gasteiger partial charge in [-0.1, -0.05) is 84.4 Å². The lowest BCUT2D eigenvalue weighted by molar-refractivity contribution is 0.0747. The molecule has 0 spiro atoms. The maximum Gasteiger partial charge on any atom is 0.259 e. The zero-order chi connectivity index (χ0) is 23.3. The van der Waals surface area contributed by atoms with Crippen molar-refractivity contribution in [3.05, 3.63) is 125 Å². The first-order chi connectivity index (χ1) is 16.7. The molecule has 2 aromatic heterocycles. The maximum atomic E-state index is 13.8. The molecular weight excluding hydrogens is 444 g/mol. The summed E-state index contributed by atoms with van der Waals surface area (Å²) >= 11 is 6.20. The van der Waals surface area contributed by atoms with Gasteiger partial charge in [-0.2, -0.15) is 5.10 Å². The van der Waals surface area contributed by atoms with Gasteiger partial charge in [-0.05, 0) is 35.7 Å². The molecule has 0 fully saturated rings. The van der Waals surface area contributed by atoms with Crippen LogP contribution in [0.5, 0.6) is 0 Å². The molecule has 0 saturated heterocycles. The average Bonchev–Trinajstić information content (AvgIpc) is 3.32. The number of carbonyl (C=O) groups excluding carboxylic acids is 1. The first-order valence-corrected chi connectivity index (χ1v) is 11.5. The second-order valence-electron chi connectivity index (χ2n) is 8.08. The highest BCUT2D eigenvalue weighted by Gasteiger charge is 2.22. The van der Waals surface area contributed by atoms with Crippen molar-refractivity contribution in [2.24, 2.45) is 0 Å². The Morgan fingerprint density at radius 3 is 2.35 bits per heavy atom. The van der Waals surface area contributed by atoms with Crippen molar-refractivity contribution < 1.29 is 4.79 Å². The van der Waals surface area contributed by atoms with Gasteiger partial charge in [0.05, 0.1) is 11.9 Å². The van der Waals surface area contributed by atoms with Crippen LogP contribution in [0.2, 0.25) is 5.02 Å². The second kappa shape index (κ2) is 9.89. The lowest BCUT2D eigenvalue weighted by atomic mass is 10.1. The number of benzene rings is 3. The van der Waals surface area contributed by atoms with Crippen molar-refractivity contribution in [1.82, 2.24) is 19.5 Å². The van der Waals surface area contributed by atoms with Gasteiger partial charge in [-0.3, -0.25) is 4.79 Å². The summed E-state index contributed by atoms with van der Waals surface area (Å²) in [4.78, 5) is 20.1. The van der Waals surface area contributed by atoms with Crippen molar-refractivity contribution in [3.63, 3.8) is 0 Å². The number of hydrogen-bond donors (Lipinski definition) is 0. The van der Waals surface area contributed by atoms with Gasteiger partial charge in [0.15, 0.2) is 5.65 Å². The third kappa shape index (κ3) is 4.70. The van der Waals surface area contributed by atoms with Crippen molar-refractivity contribution in [2.75, 3.05) is 6.54 Å². The van der Waals surface area contributed by atoms with Gasteiger partial charge in [0, 0.05) is 29.9 Å². The molecule has 0 radical (unpaired) electrons. The summed E-state index contributed by atoms with van der Waals surface area (Å²) in [6, 6.07) is 29.7. The van der Waals surface area contributed by atoms with E-state index < -0.39 is 0 Å². The molecule has 5 nitrogen and oxygen atoms in total. The number of carbonyl (C=O) groups is 1. The Kier molecular flexibility index (Phi) is 6.36. The van der Waals surface area contributed by atoms with Crippen molar-refractivity contribution in [2.45, 2.75) is 13.0 Å². The summed E-state index contributed by atoms with van der Waals surface area (Å²) in [5.41, 5.74) is 5.01. The van der Waals surface area contributed by atoms with E-state index in [0.29, 0.717) is 29.3 Å². The molecule has 1 amide bonds. The van der Waals surface area contributed by atoms with Gasteiger partial charge in [-0.25, -0.2) is 9.50 Å². The SMILES string of the molecule is O=C(c1cnn2c(-c3cccc(Cl)c3)ccnc12)N(CCc1ccccc1)Cc1ccccc1. The smallest absolute Gasteiger partial charge is 0.259 e. The minimum atomic E-state index is -0.0921. The van der Waals surface area contributed by atoms with E-state index in [9.17, 15) is 4.79 Å². The lowest BCUT2D eigenvalue weighted by Crippen LogP contribution is -2.32. The summed E-state index contributed by atoms with van der Waals surface area (Å²) in [7, 11) is 0. The molecule has 3 aromatic carbocycles. The van der Waals surface area contributed by atoms with Crippen molar-refractivity contribution >= 4 is 23.2 Å². The summed E-state index contributed by atoms with van der Waals surface area (Å²) in [6.07, 6.45) is 4.08. The highest BCUT2D eigenvalue weighted by molar-refractivity contribution is 6.30. The number of halogens is 1. The monoisotopic (exact) mass is 466 g/mol. The Morgan fingerprint density at radius 2 is 1.62 bits per heavy atom. The third-order valence-electron chi connectivity index (χ3n) is 5.77. The van der Waals surface area contributed by atoms with Gasteiger partial charge >= 0.3 is 0 Å². The van der Waals surface area contributed by atoms with Gasteiger partial charge in [-0.15, -0.1) is 0 Å². The number of fused-ring (bicyclic) bond motifs is 1. The normalized spacial score (nSPS) is 11.0. The molecule has 34 heavy (non-hydrogen) atoms. The molecule has 5 aromatic rings. The average molecular weight is 467 g/mol. The molecule has 0 bridgehead atoms. The molecule has 0 atom stereocenters. The Labute approximate surface area is 203 Å². The summed E-state index contributed by atoms with van der Waals surface area (Å²) in [6.45, 7) is 1.10. The quantitative estimate of drug-likeness (QED) is 0.298. The van der Waals surface area contributed by atoms with Crippen LogP contribution in [-0.2, 0) is 13.0 Å². The van der Waals surface area contributed by atoms with E-state index >= 15 is 0 Å². The molecule has 0 unspecified atom stereocenters. The molecule has 0 N–H and O–H groups in total. The largest absolute Gasteiger partial charge is 0.334 e. The Morgan fingerprint density at radius 1 is 0.882 bits per heavy atom. The number of nitrogens with zero attached hydrogens (tertiary/aromatic N) is 4. The molecule has 168 valence electrons. The van der Waals surface area contributed by atoms with Crippen LogP contribution in [0, 0.1) is 0 Å². The van der Waals surface area contributed by atoms with Gasteiger partial charge in [0.25, 0.3) is 5.91 Å². The standard InChI is InChI=1S/C28H23ClN4O/c29-24-13-7-12-23(18-24)26-14-16-30-27-25(19-31-33(26)27)28(34)32(20-22-10-5-2-6-11-22)17-15-21-8-3-1-4-9-21/h1-14,16,18-19H,15,17,20H2. The van der Waals surface area contributed by atoms with Crippen LogP contribution in [0.1, 0.15) is 21.5 Å². The molecule has 0 aliphatic heterocycles. The predicted molar refractivity (Wildman–Crippen MR) is 135 cm³/mol. The Balaban J connectivity index is 1.48. The van der Waals surface area contributed by atoms with Crippen LogP contribution >= 0.6 is 11.6 Å². The predicted octanol–water partition coefficient (Wildman–Crippen LogP) is 5.93. The second-order valence-corrected chi connectivity index (χ2v) is 8.52. The Bertz CT molecular complexity index is 1420. The fourth-order valence-corrected chi connectivity index (χ4v) is 4.23. The molecule has 0 aliphatic carbocycles. The minimum absolute atomic E-state index is 0.0921. The molecule has 0 aliphatic rings.